The van der Waals surface area contributed by atoms with Gasteiger partial charge in [-0.3, -0.25) is 9.78 Å². The van der Waals surface area contributed by atoms with Crippen LogP contribution < -0.4 is 0 Å². The molecule has 0 radical (unpaired) electrons. The Labute approximate surface area is 85.7 Å². The molecule has 0 saturated carbocycles. The van der Waals surface area contributed by atoms with Gasteiger partial charge in [-0.25, -0.2) is 0 Å². The maximum atomic E-state index is 10.5. The summed E-state index contributed by atoms with van der Waals surface area (Å²) >= 11 is 0. The van der Waals surface area contributed by atoms with Crippen molar-refractivity contribution in [3.8, 4) is 0 Å². The van der Waals surface area contributed by atoms with E-state index < -0.39 is 8.07 Å². The molecule has 14 heavy (non-hydrogen) atoms. The van der Waals surface area contributed by atoms with E-state index >= 15 is 0 Å². The molecule has 1 heterocycles. The molecule has 0 amide bonds. The Morgan fingerprint density at radius 3 is 2.43 bits per heavy atom. The van der Waals surface area contributed by atoms with Crippen LogP contribution in [0.2, 0.25) is 19.6 Å². The van der Waals surface area contributed by atoms with Crippen LogP contribution in [0.25, 0.3) is 6.08 Å². The molecule has 1 aromatic rings. The van der Waals surface area contributed by atoms with Crippen LogP contribution in [0.3, 0.4) is 0 Å². The molecule has 0 atom stereocenters. The fraction of sp³-hybridized carbons (Fsp3) is 0.273. The van der Waals surface area contributed by atoms with Crippen LogP contribution in [0.4, 0.5) is 0 Å². The first-order chi connectivity index (χ1) is 6.51. The van der Waals surface area contributed by atoms with E-state index in [1.54, 1.807) is 12.4 Å². The highest BCUT2D eigenvalue weighted by atomic mass is 28.3. The van der Waals surface area contributed by atoms with Gasteiger partial charge in [-0.15, -0.1) is 0 Å². The van der Waals surface area contributed by atoms with E-state index in [9.17, 15) is 4.79 Å². The third-order valence-corrected chi connectivity index (χ3v) is 2.86. The molecule has 0 aromatic carbocycles. The van der Waals surface area contributed by atoms with Crippen LogP contribution in [-0.4, -0.2) is 19.3 Å². The first-order valence-electron chi connectivity index (χ1n) is 4.61. The minimum absolute atomic E-state index is 0.628. The molecule has 1 rings (SSSR count). The van der Waals surface area contributed by atoms with Crippen LogP contribution in [0, 0.1) is 0 Å². The second-order valence-electron chi connectivity index (χ2n) is 4.37. The number of nitrogens with zero attached hydrogens (tertiary/aromatic N) is 1. The highest BCUT2D eigenvalue weighted by Crippen LogP contribution is 2.08. The number of carbonyl (C=O) groups is 1. The van der Waals surface area contributed by atoms with Gasteiger partial charge in [-0.1, -0.05) is 31.4 Å². The molecule has 0 aliphatic rings. The van der Waals surface area contributed by atoms with E-state index in [-0.39, 0.29) is 0 Å². The zero-order valence-electron chi connectivity index (χ0n) is 8.82. The Hall–Kier alpha value is -1.22. The lowest BCUT2D eigenvalue weighted by Crippen LogP contribution is -2.15. The molecule has 1 aromatic heterocycles. The fourth-order valence-corrected chi connectivity index (χ4v) is 1.67. The van der Waals surface area contributed by atoms with Crippen LogP contribution in [0.1, 0.15) is 15.9 Å². The zero-order valence-corrected chi connectivity index (χ0v) is 9.82. The van der Waals surface area contributed by atoms with Crippen molar-refractivity contribution in [1.29, 1.82) is 0 Å². The second kappa shape index (κ2) is 4.33. The Bertz CT molecular complexity index is 353. The number of hydrogen-bond acceptors (Lipinski definition) is 2. The minimum atomic E-state index is -1.16. The van der Waals surface area contributed by atoms with Gasteiger partial charge in [0.1, 0.15) is 0 Å². The molecule has 0 fully saturated rings. The summed E-state index contributed by atoms with van der Waals surface area (Å²) in [4.78, 5) is 14.5. The lowest BCUT2D eigenvalue weighted by molar-refractivity contribution is 0.112. The van der Waals surface area contributed by atoms with Gasteiger partial charge in [0.15, 0.2) is 6.29 Å². The maximum absolute atomic E-state index is 10.5. The van der Waals surface area contributed by atoms with Gasteiger partial charge in [0.05, 0.1) is 8.07 Å². The molecule has 0 aliphatic carbocycles. The van der Waals surface area contributed by atoms with E-state index in [1.807, 2.05) is 12.1 Å². The highest BCUT2D eigenvalue weighted by molar-refractivity contribution is 6.81. The summed E-state index contributed by atoms with van der Waals surface area (Å²) in [5.74, 6) is 0. The van der Waals surface area contributed by atoms with E-state index in [2.05, 4.69) is 30.3 Å². The average Bonchev–Trinajstić information content (AvgIpc) is 2.14. The Kier molecular flexibility index (Phi) is 3.36. The van der Waals surface area contributed by atoms with Crippen LogP contribution >= 0.6 is 0 Å². The molecular weight excluding hydrogens is 190 g/mol. The lowest BCUT2D eigenvalue weighted by Gasteiger charge is -2.07. The molecule has 0 aliphatic heterocycles. The van der Waals surface area contributed by atoms with Gasteiger partial charge < -0.3 is 0 Å². The van der Waals surface area contributed by atoms with Crippen molar-refractivity contribution in [3.63, 3.8) is 0 Å². The molecule has 74 valence electrons. The van der Waals surface area contributed by atoms with Crippen molar-refractivity contribution in [2.45, 2.75) is 19.6 Å². The van der Waals surface area contributed by atoms with Crippen molar-refractivity contribution in [2.24, 2.45) is 0 Å². The first kappa shape index (κ1) is 10.9. The van der Waals surface area contributed by atoms with Crippen LogP contribution in [-0.2, 0) is 0 Å². The molecule has 0 spiro atoms. The van der Waals surface area contributed by atoms with Gasteiger partial charge in [0, 0.05) is 18.0 Å². The van der Waals surface area contributed by atoms with Gasteiger partial charge in [0.25, 0.3) is 0 Å². The Morgan fingerprint density at radius 1 is 1.21 bits per heavy atom. The largest absolute Gasteiger partial charge is 0.298 e. The lowest BCUT2D eigenvalue weighted by atomic mass is 10.2. The van der Waals surface area contributed by atoms with Crippen molar-refractivity contribution in [1.82, 2.24) is 4.98 Å². The summed E-state index contributed by atoms with van der Waals surface area (Å²) in [6.07, 6.45) is 6.20. The SMILES string of the molecule is C[Si](C)(C)C=Cc1cncc(C=O)c1. The van der Waals surface area contributed by atoms with E-state index in [4.69, 9.17) is 0 Å². The molecule has 0 N–H and O–H groups in total. The quantitative estimate of drug-likeness (QED) is 0.561. The number of aromatic nitrogens is 1. The predicted molar refractivity (Wildman–Crippen MR) is 62.0 cm³/mol. The summed E-state index contributed by atoms with van der Waals surface area (Å²) in [5.41, 5.74) is 3.86. The Morgan fingerprint density at radius 2 is 1.86 bits per heavy atom. The molecule has 2 nitrogen and oxygen atoms in total. The normalized spacial score (nSPS) is 11.9. The maximum Gasteiger partial charge on any atom is 0.151 e. The van der Waals surface area contributed by atoms with Crippen LogP contribution in [0.5, 0.6) is 0 Å². The molecule has 0 bridgehead atoms. The van der Waals surface area contributed by atoms with Crippen LogP contribution in [0.15, 0.2) is 24.2 Å². The first-order valence-corrected chi connectivity index (χ1v) is 8.18. The molecule has 0 saturated heterocycles. The van der Waals surface area contributed by atoms with Crippen molar-refractivity contribution in [3.05, 3.63) is 35.3 Å². The third kappa shape index (κ3) is 3.66. The minimum Gasteiger partial charge on any atom is -0.298 e. The average molecular weight is 205 g/mol. The standard InChI is InChI=1S/C11H15NOSi/c1-14(2,3)5-4-10-6-11(9-13)8-12-7-10/h4-9H,1-3H3. The summed E-state index contributed by atoms with van der Waals surface area (Å²) < 4.78 is 0. The monoisotopic (exact) mass is 205 g/mol. The van der Waals surface area contributed by atoms with Crippen molar-refractivity contribution in [2.75, 3.05) is 0 Å². The summed E-state index contributed by atoms with van der Waals surface area (Å²) in [7, 11) is -1.16. The van der Waals surface area contributed by atoms with Gasteiger partial charge in [-0.05, 0) is 11.6 Å². The van der Waals surface area contributed by atoms with E-state index in [1.165, 1.54) is 0 Å². The number of pyridine rings is 1. The van der Waals surface area contributed by atoms with Gasteiger partial charge in [0.2, 0.25) is 0 Å². The number of aldehydes is 1. The van der Waals surface area contributed by atoms with E-state index in [0.29, 0.717) is 5.56 Å². The van der Waals surface area contributed by atoms with Gasteiger partial charge in [-0.2, -0.15) is 0 Å². The zero-order chi connectivity index (χ0) is 10.6. The number of carbonyl (C=O) groups excluding carboxylic acids is 1. The van der Waals surface area contributed by atoms with E-state index in [0.717, 1.165) is 11.8 Å². The van der Waals surface area contributed by atoms with Gasteiger partial charge >= 0.3 is 0 Å². The van der Waals surface area contributed by atoms with Crippen molar-refractivity contribution >= 4 is 20.4 Å². The topological polar surface area (TPSA) is 30.0 Å². The van der Waals surface area contributed by atoms with Crippen molar-refractivity contribution < 1.29 is 4.79 Å². The summed E-state index contributed by atoms with van der Waals surface area (Å²) in [5, 5.41) is 0. The molecular formula is C11H15NOSi. The Balaban J connectivity index is 2.87. The molecule has 0 unspecified atom stereocenters. The summed E-state index contributed by atoms with van der Waals surface area (Å²) in [6.45, 7) is 6.79. The second-order valence-corrected chi connectivity index (χ2v) is 9.43. The molecule has 3 heteroatoms. The predicted octanol–water partition coefficient (Wildman–Crippen LogP) is 2.78. The number of rotatable bonds is 3. The summed E-state index contributed by atoms with van der Waals surface area (Å²) in [6, 6.07) is 1.84. The number of hydrogen-bond donors (Lipinski definition) is 0. The highest BCUT2D eigenvalue weighted by Gasteiger charge is 2.06. The third-order valence-electron chi connectivity index (χ3n) is 1.69. The smallest absolute Gasteiger partial charge is 0.151 e. The fourth-order valence-electron chi connectivity index (χ4n) is 0.978.